The van der Waals surface area contributed by atoms with Gasteiger partial charge in [0.05, 0.1) is 4.90 Å². The summed E-state index contributed by atoms with van der Waals surface area (Å²) in [7, 11) is -3.81. The summed E-state index contributed by atoms with van der Waals surface area (Å²) < 4.78 is 38.5. The van der Waals surface area contributed by atoms with E-state index in [1.807, 2.05) is 0 Å². The molecule has 0 bridgehead atoms. The van der Waals surface area contributed by atoms with E-state index in [1.165, 1.54) is 10.4 Å². The van der Waals surface area contributed by atoms with Crippen molar-refractivity contribution in [3.8, 4) is 11.5 Å². The Morgan fingerprint density at radius 3 is 2.48 bits per heavy atom. The molecule has 6 nitrogen and oxygen atoms in total. The molecule has 2 aliphatic heterocycles. The molecule has 4 rings (SSSR count). The van der Waals surface area contributed by atoms with Gasteiger partial charge >= 0.3 is 0 Å². The predicted molar refractivity (Wildman–Crippen MR) is 100 cm³/mol. The van der Waals surface area contributed by atoms with E-state index in [2.05, 4.69) is 0 Å². The molecule has 140 valence electrons. The van der Waals surface area contributed by atoms with Crippen LogP contribution in [-0.2, 0) is 10.0 Å². The highest BCUT2D eigenvalue weighted by Gasteiger charge is 2.40. The summed E-state index contributed by atoms with van der Waals surface area (Å²) in [5.74, 6) is 0.902. The summed E-state index contributed by atoms with van der Waals surface area (Å²) in [5.41, 5.74) is 0.987. The van der Waals surface area contributed by atoms with Crippen LogP contribution in [-0.4, -0.2) is 37.8 Å². The van der Waals surface area contributed by atoms with Crippen LogP contribution in [0.2, 0.25) is 0 Å². The van der Waals surface area contributed by atoms with Crippen molar-refractivity contribution in [1.82, 2.24) is 4.31 Å². The topological polar surface area (TPSA) is 72.9 Å². The Morgan fingerprint density at radius 1 is 1.04 bits per heavy atom. The number of hydrogen-bond acceptors (Lipinski definition) is 5. The van der Waals surface area contributed by atoms with E-state index in [-0.39, 0.29) is 21.9 Å². The molecule has 0 aliphatic carbocycles. The zero-order valence-corrected chi connectivity index (χ0v) is 15.8. The van der Waals surface area contributed by atoms with Crippen LogP contribution in [0.1, 0.15) is 29.8 Å². The average Bonchev–Trinajstić information content (AvgIpc) is 2.65. The lowest BCUT2D eigenvalue weighted by molar-refractivity contribution is 0.0996. The molecular weight excluding hydrogens is 366 g/mol. The van der Waals surface area contributed by atoms with Crippen LogP contribution in [0.3, 0.4) is 0 Å². The maximum absolute atomic E-state index is 13.1. The Kier molecular flexibility index (Phi) is 4.19. The van der Waals surface area contributed by atoms with Crippen LogP contribution >= 0.6 is 0 Å². The lowest BCUT2D eigenvalue weighted by atomic mass is 10.0. The van der Waals surface area contributed by atoms with E-state index in [0.29, 0.717) is 30.3 Å². The molecule has 2 aliphatic rings. The highest BCUT2D eigenvalue weighted by Crippen LogP contribution is 2.36. The van der Waals surface area contributed by atoms with Crippen molar-refractivity contribution in [2.75, 3.05) is 13.2 Å². The van der Waals surface area contributed by atoms with Crippen LogP contribution in [0.5, 0.6) is 11.5 Å². The van der Waals surface area contributed by atoms with Gasteiger partial charge in [-0.25, -0.2) is 8.42 Å². The number of hydrogen-bond donors (Lipinski definition) is 0. The number of benzene rings is 2. The molecule has 0 fully saturated rings. The number of carbonyl (C=O) groups is 1. The highest BCUT2D eigenvalue weighted by atomic mass is 32.2. The van der Waals surface area contributed by atoms with Crippen LogP contribution in [0.4, 0.5) is 0 Å². The number of fused-ring (bicyclic) bond motifs is 2. The molecule has 0 N–H and O–H groups in total. The molecule has 27 heavy (non-hydrogen) atoms. The lowest BCUT2D eigenvalue weighted by Gasteiger charge is -2.34. The van der Waals surface area contributed by atoms with E-state index in [1.54, 1.807) is 56.3 Å². The summed E-state index contributed by atoms with van der Waals surface area (Å²) in [6.45, 7) is 4.43. The lowest BCUT2D eigenvalue weighted by Crippen LogP contribution is -2.43. The zero-order chi connectivity index (χ0) is 19.2. The minimum atomic E-state index is -3.81. The van der Waals surface area contributed by atoms with Crippen LogP contribution in [0.25, 0.3) is 6.08 Å². The Balaban J connectivity index is 1.88. The minimum absolute atomic E-state index is 0.0445. The van der Waals surface area contributed by atoms with Gasteiger partial charge < -0.3 is 9.47 Å². The molecule has 7 heteroatoms. The number of allylic oxidation sites excluding steroid dienone is 1. The maximum Gasteiger partial charge on any atom is 0.265 e. The van der Waals surface area contributed by atoms with Crippen molar-refractivity contribution in [2.45, 2.75) is 24.8 Å². The van der Waals surface area contributed by atoms with Crippen molar-refractivity contribution in [3.05, 3.63) is 59.3 Å². The van der Waals surface area contributed by atoms with Crippen molar-refractivity contribution in [2.24, 2.45) is 0 Å². The monoisotopic (exact) mass is 385 g/mol. The summed E-state index contributed by atoms with van der Waals surface area (Å²) in [6, 6.07) is 11.2. The van der Waals surface area contributed by atoms with Gasteiger partial charge in [-0.3, -0.25) is 9.10 Å². The third-order valence-electron chi connectivity index (χ3n) is 4.48. The highest BCUT2D eigenvalue weighted by molar-refractivity contribution is 7.89. The predicted octanol–water partition coefficient (Wildman–Crippen LogP) is 3.09. The van der Waals surface area contributed by atoms with E-state index in [4.69, 9.17) is 9.47 Å². The molecule has 0 spiro atoms. The second kappa shape index (κ2) is 6.42. The molecule has 2 aromatic carbocycles. The van der Waals surface area contributed by atoms with Gasteiger partial charge in [0.15, 0.2) is 11.5 Å². The molecule has 0 saturated heterocycles. The van der Waals surface area contributed by atoms with Crippen molar-refractivity contribution >= 4 is 21.9 Å². The average molecular weight is 385 g/mol. The summed E-state index contributed by atoms with van der Waals surface area (Å²) in [5, 5.41) is 0. The van der Waals surface area contributed by atoms with Gasteiger partial charge in [-0.2, -0.15) is 0 Å². The number of rotatable bonds is 2. The number of carbonyl (C=O) groups excluding carboxylic acids is 1. The van der Waals surface area contributed by atoms with Gasteiger partial charge in [-0.1, -0.05) is 18.2 Å². The standard InChI is InChI=1S/C20H19NO5S/c1-13(2)21-16(11-14-7-8-17-18(12-14)26-10-9-25-17)20(22)15-5-3-4-6-19(15)27(21,23)24/h3-8,11-13H,9-10H2,1-2H3/b16-11+. The first-order valence-corrected chi connectivity index (χ1v) is 10.1. The number of ketones is 1. The summed E-state index contributed by atoms with van der Waals surface area (Å²) in [4.78, 5) is 13.1. The smallest absolute Gasteiger partial charge is 0.265 e. The Labute approximate surface area is 158 Å². The molecule has 0 amide bonds. The second-order valence-corrected chi connectivity index (χ2v) is 8.44. The number of nitrogens with zero attached hydrogens (tertiary/aromatic N) is 1. The van der Waals surface area contributed by atoms with Crippen LogP contribution in [0, 0.1) is 0 Å². The largest absolute Gasteiger partial charge is 0.486 e. The Bertz CT molecular complexity index is 1060. The van der Waals surface area contributed by atoms with Gasteiger partial charge in [0, 0.05) is 11.6 Å². The first-order valence-electron chi connectivity index (χ1n) is 8.69. The van der Waals surface area contributed by atoms with E-state index in [0.717, 1.165) is 0 Å². The first kappa shape index (κ1) is 17.6. The molecule has 0 aromatic heterocycles. The van der Waals surface area contributed by atoms with E-state index >= 15 is 0 Å². The maximum atomic E-state index is 13.1. The van der Waals surface area contributed by atoms with Gasteiger partial charge in [0.25, 0.3) is 10.0 Å². The molecule has 0 unspecified atom stereocenters. The van der Waals surface area contributed by atoms with Crippen molar-refractivity contribution in [3.63, 3.8) is 0 Å². The molecule has 0 radical (unpaired) electrons. The number of Topliss-reactive ketones (excluding diaryl/α,β-unsaturated/α-hetero) is 1. The van der Waals surface area contributed by atoms with E-state index < -0.39 is 16.1 Å². The summed E-state index contributed by atoms with van der Waals surface area (Å²) in [6.07, 6.45) is 1.59. The number of sulfonamides is 1. The fourth-order valence-electron chi connectivity index (χ4n) is 3.35. The fraction of sp³-hybridized carbons (Fsp3) is 0.250. The third kappa shape index (κ3) is 2.88. The minimum Gasteiger partial charge on any atom is -0.486 e. The van der Waals surface area contributed by atoms with Gasteiger partial charge in [-0.15, -0.1) is 0 Å². The van der Waals surface area contributed by atoms with Gasteiger partial charge in [0.2, 0.25) is 5.78 Å². The molecule has 2 heterocycles. The van der Waals surface area contributed by atoms with Gasteiger partial charge in [0.1, 0.15) is 18.9 Å². The Hall–Kier alpha value is -2.80. The first-order chi connectivity index (χ1) is 12.9. The zero-order valence-electron chi connectivity index (χ0n) is 15.0. The van der Waals surface area contributed by atoms with Crippen LogP contribution < -0.4 is 9.47 Å². The molecule has 0 atom stereocenters. The fourth-order valence-corrected chi connectivity index (χ4v) is 5.20. The Morgan fingerprint density at radius 2 is 1.74 bits per heavy atom. The van der Waals surface area contributed by atoms with Gasteiger partial charge in [-0.05, 0) is 49.8 Å². The summed E-state index contributed by atoms with van der Waals surface area (Å²) >= 11 is 0. The quantitative estimate of drug-likeness (QED) is 0.743. The molecule has 0 saturated carbocycles. The third-order valence-corrected chi connectivity index (χ3v) is 6.53. The molecular formula is C20H19NO5S. The van der Waals surface area contributed by atoms with Crippen molar-refractivity contribution in [1.29, 1.82) is 0 Å². The van der Waals surface area contributed by atoms with Crippen molar-refractivity contribution < 1.29 is 22.7 Å². The number of ether oxygens (including phenoxy) is 2. The van der Waals surface area contributed by atoms with Crippen LogP contribution in [0.15, 0.2) is 53.1 Å². The SMILES string of the molecule is CC(C)N1/C(=C/c2ccc3c(c2)OCCO3)C(=O)c2ccccc2S1(=O)=O. The normalized spacial score (nSPS) is 19.3. The second-order valence-electron chi connectivity index (χ2n) is 6.65. The molecule has 2 aromatic rings. The van der Waals surface area contributed by atoms with E-state index in [9.17, 15) is 13.2 Å².